The number of hydrogen-bond donors (Lipinski definition) is 2. The Morgan fingerprint density at radius 1 is 1.16 bits per heavy atom. The summed E-state index contributed by atoms with van der Waals surface area (Å²) in [7, 11) is 0. The van der Waals surface area contributed by atoms with Crippen LogP contribution in [0.25, 0.3) is 0 Å². The van der Waals surface area contributed by atoms with Gasteiger partial charge in [-0.1, -0.05) is 42.1 Å². The topological polar surface area (TPSA) is 94.9 Å². The molecule has 0 spiro atoms. The summed E-state index contributed by atoms with van der Waals surface area (Å²) < 4.78 is 0. The largest absolute Gasteiger partial charge is 0.383 e. The van der Waals surface area contributed by atoms with Crippen LogP contribution in [-0.4, -0.2) is 21.0 Å². The van der Waals surface area contributed by atoms with E-state index in [9.17, 15) is 4.79 Å². The third-order valence-electron chi connectivity index (χ3n) is 2.45. The maximum absolute atomic E-state index is 12.2. The van der Waals surface area contributed by atoms with E-state index < -0.39 is 0 Å². The highest BCUT2D eigenvalue weighted by atomic mass is 32.2. The fourth-order valence-electron chi connectivity index (χ4n) is 1.56. The zero-order chi connectivity index (χ0) is 13.8. The first-order valence-electron chi connectivity index (χ1n) is 5.72. The van der Waals surface area contributed by atoms with Crippen LogP contribution in [0.3, 0.4) is 0 Å². The van der Waals surface area contributed by atoms with Crippen molar-refractivity contribution in [1.29, 1.82) is 0 Å². The molecule has 98 valence electrons. The van der Waals surface area contributed by atoms with Crippen molar-refractivity contribution in [3.05, 3.63) is 42.0 Å². The molecule has 0 saturated heterocycles. The Bertz CT molecular complexity index is 568. The molecular formula is C13H14N4OS. The van der Waals surface area contributed by atoms with E-state index in [0.29, 0.717) is 22.4 Å². The monoisotopic (exact) mass is 274 g/mol. The fourth-order valence-corrected chi connectivity index (χ4v) is 2.44. The van der Waals surface area contributed by atoms with Gasteiger partial charge in [0.1, 0.15) is 11.6 Å². The molecule has 0 bridgehead atoms. The number of aromatic nitrogens is 2. The van der Waals surface area contributed by atoms with Crippen LogP contribution in [0.5, 0.6) is 0 Å². The van der Waals surface area contributed by atoms with Gasteiger partial charge in [0.25, 0.3) is 0 Å². The minimum Gasteiger partial charge on any atom is -0.383 e. The number of nitrogens with zero attached hydrogens (tertiary/aromatic N) is 2. The first-order valence-corrected chi connectivity index (χ1v) is 6.60. The Kier molecular flexibility index (Phi) is 4.01. The number of hydrogen-bond acceptors (Lipinski definition) is 6. The second-order valence-electron chi connectivity index (χ2n) is 3.99. The minimum atomic E-state index is -0.302. The second-order valence-corrected chi connectivity index (χ2v) is 5.30. The normalized spacial score (nSPS) is 12.1. The summed E-state index contributed by atoms with van der Waals surface area (Å²) in [6, 6.07) is 10.6. The highest BCUT2D eigenvalue weighted by molar-refractivity contribution is 8.00. The maximum atomic E-state index is 12.2. The molecule has 1 atom stereocenters. The van der Waals surface area contributed by atoms with E-state index in [1.165, 1.54) is 17.8 Å². The van der Waals surface area contributed by atoms with E-state index in [2.05, 4.69) is 9.97 Å². The molecule has 4 N–H and O–H groups in total. The Hall–Kier alpha value is -2.08. The van der Waals surface area contributed by atoms with Gasteiger partial charge in [-0.05, 0) is 6.92 Å². The molecule has 0 amide bonds. The summed E-state index contributed by atoms with van der Waals surface area (Å²) in [6.45, 7) is 1.81. The SMILES string of the molecule is CC(Sc1nc(N)cc(N)n1)C(=O)c1ccccc1. The third kappa shape index (κ3) is 3.45. The standard InChI is InChI=1S/C13H14N4OS/c1-8(12(18)9-5-3-2-4-6-9)19-13-16-10(14)7-11(15)17-13/h2-8H,1H3,(H4,14,15,16,17). The smallest absolute Gasteiger partial charge is 0.192 e. The maximum Gasteiger partial charge on any atom is 0.192 e. The Labute approximate surface area is 115 Å². The van der Waals surface area contributed by atoms with Crippen molar-refractivity contribution in [3.63, 3.8) is 0 Å². The molecule has 19 heavy (non-hydrogen) atoms. The number of carbonyl (C=O) groups excluding carboxylic acids is 1. The van der Waals surface area contributed by atoms with Crippen LogP contribution in [-0.2, 0) is 0 Å². The Morgan fingerprint density at radius 2 is 1.74 bits per heavy atom. The summed E-state index contributed by atoms with van der Waals surface area (Å²) >= 11 is 1.24. The number of rotatable bonds is 4. The Balaban J connectivity index is 2.13. The average molecular weight is 274 g/mol. The molecule has 2 aromatic rings. The van der Waals surface area contributed by atoms with E-state index >= 15 is 0 Å². The molecule has 1 aromatic carbocycles. The zero-order valence-electron chi connectivity index (χ0n) is 10.4. The van der Waals surface area contributed by atoms with Crippen LogP contribution in [0.15, 0.2) is 41.6 Å². The van der Waals surface area contributed by atoms with E-state index in [0.717, 1.165) is 0 Å². The van der Waals surface area contributed by atoms with Crippen LogP contribution in [0, 0.1) is 0 Å². The van der Waals surface area contributed by atoms with Crippen molar-refractivity contribution in [2.75, 3.05) is 11.5 Å². The quantitative estimate of drug-likeness (QED) is 0.503. The molecule has 0 aliphatic rings. The molecule has 6 heteroatoms. The summed E-state index contributed by atoms with van der Waals surface area (Å²) in [6.07, 6.45) is 0. The van der Waals surface area contributed by atoms with Crippen molar-refractivity contribution in [2.45, 2.75) is 17.3 Å². The molecule has 1 aromatic heterocycles. The molecule has 0 saturated carbocycles. The summed E-state index contributed by atoms with van der Waals surface area (Å²) in [5, 5.41) is 0.109. The number of nitrogens with two attached hydrogens (primary N) is 2. The zero-order valence-corrected chi connectivity index (χ0v) is 11.2. The van der Waals surface area contributed by atoms with Crippen LogP contribution in [0.1, 0.15) is 17.3 Å². The van der Waals surface area contributed by atoms with Gasteiger partial charge in [0.2, 0.25) is 0 Å². The third-order valence-corrected chi connectivity index (χ3v) is 3.42. The molecular weight excluding hydrogens is 260 g/mol. The van der Waals surface area contributed by atoms with Crippen molar-refractivity contribution < 1.29 is 4.79 Å². The molecule has 0 aliphatic carbocycles. The number of ketones is 1. The lowest BCUT2D eigenvalue weighted by atomic mass is 10.1. The molecule has 0 aliphatic heterocycles. The van der Waals surface area contributed by atoms with Crippen molar-refractivity contribution in [1.82, 2.24) is 9.97 Å². The first-order chi connectivity index (χ1) is 9.06. The van der Waals surface area contributed by atoms with Gasteiger partial charge in [-0.25, -0.2) is 9.97 Å². The summed E-state index contributed by atoms with van der Waals surface area (Å²) in [5.74, 6) is 0.624. The van der Waals surface area contributed by atoms with Gasteiger partial charge < -0.3 is 11.5 Å². The molecule has 1 heterocycles. The fraction of sp³-hybridized carbons (Fsp3) is 0.154. The van der Waals surface area contributed by atoms with E-state index in [1.807, 2.05) is 25.1 Å². The van der Waals surface area contributed by atoms with Gasteiger partial charge in [0.15, 0.2) is 10.9 Å². The van der Waals surface area contributed by atoms with Gasteiger partial charge >= 0.3 is 0 Å². The number of thioether (sulfide) groups is 1. The number of benzene rings is 1. The molecule has 1 unspecified atom stereocenters. The van der Waals surface area contributed by atoms with Gasteiger partial charge in [-0.3, -0.25) is 4.79 Å². The van der Waals surface area contributed by atoms with Crippen LogP contribution in [0.4, 0.5) is 11.6 Å². The van der Waals surface area contributed by atoms with Gasteiger partial charge in [0.05, 0.1) is 5.25 Å². The second kappa shape index (κ2) is 5.71. The van der Waals surface area contributed by atoms with E-state index in [-0.39, 0.29) is 11.0 Å². The van der Waals surface area contributed by atoms with Crippen molar-refractivity contribution in [2.24, 2.45) is 0 Å². The van der Waals surface area contributed by atoms with Gasteiger partial charge in [-0.15, -0.1) is 0 Å². The number of carbonyl (C=O) groups is 1. The van der Waals surface area contributed by atoms with Gasteiger partial charge in [0, 0.05) is 11.6 Å². The summed E-state index contributed by atoms with van der Waals surface area (Å²) in [5.41, 5.74) is 11.9. The Morgan fingerprint density at radius 3 is 2.32 bits per heavy atom. The van der Waals surface area contributed by atoms with E-state index in [1.54, 1.807) is 12.1 Å². The summed E-state index contributed by atoms with van der Waals surface area (Å²) in [4.78, 5) is 20.3. The molecule has 2 rings (SSSR count). The predicted octanol–water partition coefficient (Wildman–Crippen LogP) is 2.00. The lowest BCUT2D eigenvalue weighted by Gasteiger charge is -2.09. The lowest BCUT2D eigenvalue weighted by molar-refractivity contribution is 0.0994. The van der Waals surface area contributed by atoms with Crippen molar-refractivity contribution in [3.8, 4) is 0 Å². The molecule has 5 nitrogen and oxygen atoms in total. The average Bonchev–Trinajstić information content (AvgIpc) is 2.37. The highest BCUT2D eigenvalue weighted by Gasteiger charge is 2.17. The number of nitrogen functional groups attached to an aromatic ring is 2. The van der Waals surface area contributed by atoms with Gasteiger partial charge in [-0.2, -0.15) is 0 Å². The van der Waals surface area contributed by atoms with Crippen LogP contribution in [0.2, 0.25) is 0 Å². The minimum absolute atomic E-state index is 0.0233. The first kappa shape index (κ1) is 13.4. The number of Topliss-reactive ketones (excluding diaryl/α,β-unsaturated/α-hetero) is 1. The van der Waals surface area contributed by atoms with Crippen LogP contribution < -0.4 is 11.5 Å². The van der Waals surface area contributed by atoms with E-state index in [4.69, 9.17) is 11.5 Å². The number of anilines is 2. The lowest BCUT2D eigenvalue weighted by Crippen LogP contribution is -2.14. The van der Waals surface area contributed by atoms with Crippen LogP contribution >= 0.6 is 11.8 Å². The molecule has 0 fully saturated rings. The highest BCUT2D eigenvalue weighted by Crippen LogP contribution is 2.24. The molecule has 0 radical (unpaired) electrons. The predicted molar refractivity (Wildman–Crippen MR) is 76.9 cm³/mol. The van der Waals surface area contributed by atoms with Crippen molar-refractivity contribution >= 4 is 29.2 Å².